The van der Waals surface area contributed by atoms with Gasteiger partial charge in [-0.1, -0.05) is 0 Å². The van der Waals surface area contributed by atoms with Gasteiger partial charge in [0.25, 0.3) is 0 Å². The zero-order valence-corrected chi connectivity index (χ0v) is 14.9. The van der Waals surface area contributed by atoms with Crippen molar-refractivity contribution in [3.05, 3.63) is 64.7 Å². The molecule has 2 aromatic heterocycles. The van der Waals surface area contributed by atoms with Gasteiger partial charge < -0.3 is 4.74 Å². The van der Waals surface area contributed by atoms with Gasteiger partial charge in [0.1, 0.15) is 16.5 Å². The van der Waals surface area contributed by atoms with Gasteiger partial charge in [-0.2, -0.15) is 11.3 Å². The predicted octanol–water partition coefficient (Wildman–Crippen LogP) is 3.44. The standard InChI is InChI=1S/C17H15FN2O3S2/c1-23-16-3-2-14(18)9-17(16)25(21,22)20-10-12-4-6-19-15(8-12)13-5-7-24-11-13/h2-9,11,20H,10H2,1H3. The Morgan fingerprint density at radius 3 is 2.80 bits per heavy atom. The van der Waals surface area contributed by atoms with E-state index in [1.165, 1.54) is 13.2 Å². The Morgan fingerprint density at radius 1 is 1.24 bits per heavy atom. The van der Waals surface area contributed by atoms with Crippen LogP contribution in [0.5, 0.6) is 5.75 Å². The molecule has 0 radical (unpaired) electrons. The molecule has 0 atom stereocenters. The highest BCUT2D eigenvalue weighted by atomic mass is 32.2. The number of nitrogens with one attached hydrogen (secondary N) is 1. The monoisotopic (exact) mass is 378 g/mol. The first-order valence-corrected chi connectivity index (χ1v) is 9.73. The van der Waals surface area contributed by atoms with E-state index >= 15 is 0 Å². The molecule has 0 aliphatic rings. The van der Waals surface area contributed by atoms with E-state index in [2.05, 4.69) is 9.71 Å². The molecule has 1 N–H and O–H groups in total. The third kappa shape index (κ3) is 4.04. The first kappa shape index (κ1) is 17.5. The molecule has 8 heteroatoms. The first-order chi connectivity index (χ1) is 12.0. The highest BCUT2D eigenvalue weighted by molar-refractivity contribution is 7.89. The molecular formula is C17H15FN2O3S2. The van der Waals surface area contributed by atoms with E-state index in [0.717, 1.165) is 29.0 Å². The minimum absolute atomic E-state index is 0.0572. The zero-order chi connectivity index (χ0) is 17.9. The topological polar surface area (TPSA) is 68.3 Å². The number of hydrogen-bond donors (Lipinski definition) is 1. The summed E-state index contributed by atoms with van der Waals surface area (Å²) >= 11 is 1.56. The average Bonchev–Trinajstić information content (AvgIpc) is 3.15. The lowest BCUT2D eigenvalue weighted by Crippen LogP contribution is -2.24. The lowest BCUT2D eigenvalue weighted by atomic mass is 10.1. The number of ether oxygens (including phenoxy) is 1. The lowest BCUT2D eigenvalue weighted by Gasteiger charge is -2.11. The number of rotatable bonds is 6. The Morgan fingerprint density at radius 2 is 2.08 bits per heavy atom. The quantitative estimate of drug-likeness (QED) is 0.713. The third-order valence-corrected chi connectivity index (χ3v) is 5.63. The molecule has 0 aliphatic heterocycles. The smallest absolute Gasteiger partial charge is 0.244 e. The second kappa shape index (κ2) is 7.30. The summed E-state index contributed by atoms with van der Waals surface area (Å²) in [5.41, 5.74) is 2.48. The molecule has 3 rings (SSSR count). The van der Waals surface area contributed by atoms with E-state index in [-0.39, 0.29) is 17.2 Å². The number of sulfonamides is 1. The van der Waals surface area contributed by atoms with E-state index in [9.17, 15) is 12.8 Å². The summed E-state index contributed by atoms with van der Waals surface area (Å²) < 4.78 is 45.9. The predicted molar refractivity (Wildman–Crippen MR) is 94.5 cm³/mol. The summed E-state index contributed by atoms with van der Waals surface area (Å²) in [4.78, 5) is 4.05. The van der Waals surface area contributed by atoms with Crippen LogP contribution in [-0.4, -0.2) is 20.5 Å². The fraction of sp³-hybridized carbons (Fsp3) is 0.118. The van der Waals surface area contributed by atoms with E-state index < -0.39 is 15.8 Å². The molecule has 130 valence electrons. The highest BCUT2D eigenvalue weighted by Gasteiger charge is 2.20. The van der Waals surface area contributed by atoms with E-state index in [1.54, 1.807) is 23.6 Å². The van der Waals surface area contributed by atoms with Crippen molar-refractivity contribution in [2.24, 2.45) is 0 Å². The SMILES string of the molecule is COc1ccc(F)cc1S(=O)(=O)NCc1ccnc(-c2ccsc2)c1. The Hall–Kier alpha value is -2.29. The summed E-state index contributed by atoms with van der Waals surface area (Å²) in [5, 5.41) is 3.91. The maximum absolute atomic E-state index is 13.4. The maximum Gasteiger partial charge on any atom is 0.244 e. The van der Waals surface area contributed by atoms with Gasteiger partial charge in [-0.3, -0.25) is 4.98 Å². The summed E-state index contributed by atoms with van der Waals surface area (Å²) in [5.74, 6) is -0.563. The van der Waals surface area contributed by atoms with E-state index in [4.69, 9.17) is 4.74 Å². The van der Waals surface area contributed by atoms with Gasteiger partial charge in [-0.05, 0) is 47.3 Å². The number of pyridine rings is 1. The maximum atomic E-state index is 13.4. The van der Waals surface area contributed by atoms with Crippen LogP contribution < -0.4 is 9.46 Å². The molecular weight excluding hydrogens is 363 g/mol. The van der Waals surface area contributed by atoms with Crippen molar-refractivity contribution >= 4 is 21.4 Å². The molecule has 0 bridgehead atoms. The van der Waals surface area contributed by atoms with Gasteiger partial charge in [0.2, 0.25) is 10.0 Å². The summed E-state index contributed by atoms with van der Waals surface area (Å²) in [6.45, 7) is 0.0572. The van der Waals surface area contributed by atoms with Gasteiger partial charge in [0.15, 0.2) is 0 Å². The number of benzene rings is 1. The summed E-state index contributed by atoms with van der Waals surface area (Å²) in [6, 6.07) is 8.84. The molecule has 25 heavy (non-hydrogen) atoms. The second-order valence-corrected chi connectivity index (χ2v) is 7.70. The minimum atomic E-state index is -3.92. The fourth-order valence-electron chi connectivity index (χ4n) is 2.27. The summed E-state index contributed by atoms with van der Waals surface area (Å²) in [7, 11) is -2.59. The number of thiophene rings is 1. The molecule has 0 spiro atoms. The van der Waals surface area contributed by atoms with Crippen molar-refractivity contribution in [1.82, 2.24) is 9.71 Å². The molecule has 3 aromatic rings. The summed E-state index contributed by atoms with van der Waals surface area (Å²) in [6.07, 6.45) is 1.62. The molecule has 0 saturated heterocycles. The van der Waals surface area contributed by atoms with Crippen LogP contribution in [0.2, 0.25) is 0 Å². The fourth-order valence-corrected chi connectivity index (χ4v) is 4.11. The molecule has 0 aliphatic carbocycles. The van der Waals surface area contributed by atoms with Gasteiger partial charge in [-0.15, -0.1) is 0 Å². The van der Waals surface area contributed by atoms with Gasteiger partial charge >= 0.3 is 0 Å². The van der Waals surface area contributed by atoms with Crippen LogP contribution in [-0.2, 0) is 16.6 Å². The van der Waals surface area contributed by atoms with Crippen LogP contribution in [0.3, 0.4) is 0 Å². The van der Waals surface area contributed by atoms with Crippen LogP contribution >= 0.6 is 11.3 Å². The van der Waals surface area contributed by atoms with Crippen molar-refractivity contribution in [3.63, 3.8) is 0 Å². The van der Waals surface area contributed by atoms with Crippen molar-refractivity contribution in [2.45, 2.75) is 11.4 Å². The van der Waals surface area contributed by atoms with Crippen LogP contribution in [0.25, 0.3) is 11.3 Å². The Balaban J connectivity index is 1.81. The average molecular weight is 378 g/mol. The molecule has 5 nitrogen and oxygen atoms in total. The van der Waals surface area contributed by atoms with Crippen LogP contribution in [0.15, 0.2) is 58.3 Å². The molecule has 0 unspecified atom stereocenters. The van der Waals surface area contributed by atoms with Crippen molar-refractivity contribution in [3.8, 4) is 17.0 Å². The second-order valence-electron chi connectivity index (χ2n) is 5.18. The number of halogens is 1. The molecule has 1 aromatic carbocycles. The molecule has 0 fully saturated rings. The third-order valence-electron chi connectivity index (χ3n) is 3.52. The Labute approximate surface area is 149 Å². The molecule has 0 saturated carbocycles. The largest absolute Gasteiger partial charge is 0.495 e. The normalized spacial score (nSPS) is 11.4. The minimum Gasteiger partial charge on any atom is -0.495 e. The van der Waals surface area contributed by atoms with E-state index in [0.29, 0.717) is 0 Å². The van der Waals surface area contributed by atoms with Crippen LogP contribution in [0.4, 0.5) is 4.39 Å². The van der Waals surface area contributed by atoms with Crippen LogP contribution in [0.1, 0.15) is 5.56 Å². The first-order valence-electron chi connectivity index (χ1n) is 7.30. The van der Waals surface area contributed by atoms with Crippen LogP contribution in [0, 0.1) is 5.82 Å². The number of methoxy groups -OCH3 is 1. The van der Waals surface area contributed by atoms with Gasteiger partial charge in [0, 0.05) is 23.7 Å². The number of hydrogen-bond acceptors (Lipinski definition) is 5. The molecule has 0 amide bonds. The molecule has 2 heterocycles. The van der Waals surface area contributed by atoms with Crippen molar-refractivity contribution in [1.29, 1.82) is 0 Å². The van der Waals surface area contributed by atoms with E-state index in [1.807, 2.05) is 22.9 Å². The van der Waals surface area contributed by atoms with Crippen molar-refractivity contribution < 1.29 is 17.5 Å². The highest BCUT2D eigenvalue weighted by Crippen LogP contribution is 2.25. The lowest BCUT2D eigenvalue weighted by molar-refractivity contribution is 0.400. The van der Waals surface area contributed by atoms with Gasteiger partial charge in [0.05, 0.1) is 12.8 Å². The Bertz CT molecular complexity index is 973. The number of aromatic nitrogens is 1. The zero-order valence-electron chi connectivity index (χ0n) is 13.3. The number of nitrogens with zero attached hydrogens (tertiary/aromatic N) is 1. The van der Waals surface area contributed by atoms with Gasteiger partial charge in [-0.25, -0.2) is 17.5 Å². The van der Waals surface area contributed by atoms with Crippen molar-refractivity contribution in [2.75, 3.05) is 7.11 Å². The Kier molecular flexibility index (Phi) is 5.12.